The molecule has 174 valence electrons. The van der Waals surface area contributed by atoms with Crippen molar-refractivity contribution in [2.45, 2.75) is 4.90 Å². The zero-order valence-electron chi connectivity index (χ0n) is 18.5. The van der Waals surface area contributed by atoms with E-state index < -0.39 is 11.0 Å². The van der Waals surface area contributed by atoms with E-state index >= 15 is 0 Å². The van der Waals surface area contributed by atoms with Crippen LogP contribution in [0.1, 0.15) is 0 Å². The molecule has 0 aliphatic rings. The van der Waals surface area contributed by atoms with E-state index in [1.165, 1.54) is 18.5 Å². The number of methoxy groups -OCH3 is 1. The molecule has 0 aliphatic heterocycles. The molecule has 0 saturated carbocycles. The van der Waals surface area contributed by atoms with Gasteiger partial charge < -0.3 is 9.47 Å². The molecule has 9 heteroatoms. The molecule has 1 unspecified atom stereocenters. The Morgan fingerprint density at radius 1 is 0.886 bits per heavy atom. The first-order valence-corrected chi connectivity index (χ1v) is 11.7. The third-order valence-electron chi connectivity index (χ3n) is 5.21. The van der Waals surface area contributed by atoms with Crippen LogP contribution in [0.5, 0.6) is 17.2 Å². The lowest BCUT2D eigenvalue weighted by Gasteiger charge is -2.13. The van der Waals surface area contributed by atoms with Crippen LogP contribution in [0.3, 0.4) is 0 Å². The Labute approximate surface area is 203 Å². The number of nitrogens with zero attached hydrogens (tertiary/aromatic N) is 3. The van der Waals surface area contributed by atoms with Gasteiger partial charge in [0.2, 0.25) is 0 Å². The van der Waals surface area contributed by atoms with Crippen molar-refractivity contribution in [2.75, 3.05) is 11.8 Å². The highest BCUT2D eigenvalue weighted by Crippen LogP contribution is 2.37. The number of benzene rings is 3. The van der Waals surface area contributed by atoms with Gasteiger partial charge in [-0.3, -0.25) is 9.71 Å². The third-order valence-corrected chi connectivity index (χ3v) is 6.28. The van der Waals surface area contributed by atoms with E-state index in [4.69, 9.17) is 9.47 Å². The molecule has 1 N–H and O–H groups in total. The molecule has 2 aromatic heterocycles. The van der Waals surface area contributed by atoms with Gasteiger partial charge in [-0.1, -0.05) is 6.07 Å². The summed E-state index contributed by atoms with van der Waals surface area (Å²) in [5.74, 6) is 1.78. The normalized spacial score (nSPS) is 11.7. The topological polar surface area (TPSA) is 86.2 Å². The Bertz CT molecular complexity index is 1520. The number of nitrogens with one attached hydrogen (secondary N) is 1. The summed E-state index contributed by atoms with van der Waals surface area (Å²) in [5, 5.41) is 1.75. The summed E-state index contributed by atoms with van der Waals surface area (Å²) in [6.45, 7) is 0. The quantitative estimate of drug-likeness (QED) is 0.314. The van der Waals surface area contributed by atoms with Crippen molar-refractivity contribution in [3.8, 4) is 28.5 Å². The van der Waals surface area contributed by atoms with Crippen LogP contribution in [0.25, 0.3) is 22.0 Å². The van der Waals surface area contributed by atoms with Crippen LogP contribution in [0.4, 0.5) is 10.2 Å². The number of fused-ring (bicyclic) bond motifs is 1. The van der Waals surface area contributed by atoms with Crippen LogP contribution in [0.15, 0.2) is 96.4 Å². The molecule has 0 saturated heterocycles. The maximum atomic E-state index is 13.2. The van der Waals surface area contributed by atoms with Crippen molar-refractivity contribution in [1.82, 2.24) is 15.0 Å². The zero-order valence-corrected chi connectivity index (χ0v) is 19.3. The van der Waals surface area contributed by atoms with E-state index in [-0.39, 0.29) is 5.82 Å². The zero-order chi connectivity index (χ0) is 24.2. The van der Waals surface area contributed by atoms with E-state index in [1.807, 2.05) is 24.3 Å². The maximum absolute atomic E-state index is 13.2. The summed E-state index contributed by atoms with van der Waals surface area (Å²) >= 11 is 0. The number of halogens is 1. The second kappa shape index (κ2) is 9.86. The molecular weight excluding hydrogens is 467 g/mol. The summed E-state index contributed by atoms with van der Waals surface area (Å²) < 4.78 is 40.3. The minimum absolute atomic E-state index is 0.330. The molecule has 0 fully saturated rings. The van der Waals surface area contributed by atoms with Gasteiger partial charge in [0, 0.05) is 29.4 Å². The first-order chi connectivity index (χ1) is 17.1. The summed E-state index contributed by atoms with van der Waals surface area (Å²) in [4.78, 5) is 13.1. The van der Waals surface area contributed by atoms with Crippen LogP contribution in [-0.4, -0.2) is 26.3 Å². The van der Waals surface area contributed by atoms with Gasteiger partial charge >= 0.3 is 0 Å². The van der Waals surface area contributed by atoms with Crippen molar-refractivity contribution in [2.24, 2.45) is 0 Å². The fraction of sp³-hybridized carbons (Fsp3) is 0.0385. The van der Waals surface area contributed by atoms with Crippen molar-refractivity contribution in [3.63, 3.8) is 0 Å². The van der Waals surface area contributed by atoms with Gasteiger partial charge in [-0.15, -0.1) is 0 Å². The van der Waals surface area contributed by atoms with Crippen LogP contribution in [-0.2, 0) is 11.0 Å². The van der Waals surface area contributed by atoms with Crippen molar-refractivity contribution < 1.29 is 18.1 Å². The predicted molar refractivity (Wildman–Crippen MR) is 132 cm³/mol. The lowest BCUT2D eigenvalue weighted by Crippen LogP contribution is -2.06. The molecule has 3 aromatic carbocycles. The second-order valence-corrected chi connectivity index (χ2v) is 8.64. The smallest absolute Gasteiger partial charge is 0.151 e. The fourth-order valence-corrected chi connectivity index (χ4v) is 4.41. The molecule has 5 rings (SSSR count). The fourth-order valence-electron chi connectivity index (χ4n) is 3.56. The number of aromatic nitrogens is 3. The van der Waals surface area contributed by atoms with Crippen LogP contribution in [0.2, 0.25) is 0 Å². The lowest BCUT2D eigenvalue weighted by molar-refractivity contribution is 0.410. The highest BCUT2D eigenvalue weighted by Gasteiger charge is 2.14. The van der Waals surface area contributed by atoms with Crippen molar-refractivity contribution in [3.05, 3.63) is 97.3 Å². The van der Waals surface area contributed by atoms with Gasteiger partial charge in [-0.25, -0.2) is 18.6 Å². The summed E-state index contributed by atoms with van der Waals surface area (Å²) in [6, 6.07) is 20.3. The predicted octanol–water partition coefficient (Wildman–Crippen LogP) is 5.77. The standard InChI is InChI=1S/C26H19FN4O3S/c1-33-24-15-20(34-19-4-2-18(27)3-5-19)6-8-23(24)26-22-9-7-21(14-17(22)10-13-29-26)35(32)31-25-11-12-28-16-30-25/h2-16H,1H3,(H,28,30,31). The minimum Gasteiger partial charge on any atom is -0.496 e. The first-order valence-electron chi connectivity index (χ1n) is 10.6. The number of hydrogen-bond donors (Lipinski definition) is 1. The average molecular weight is 487 g/mol. The van der Waals surface area contributed by atoms with E-state index in [0.717, 1.165) is 16.3 Å². The second-order valence-electron chi connectivity index (χ2n) is 7.43. The number of rotatable bonds is 7. The Morgan fingerprint density at radius 3 is 2.49 bits per heavy atom. The molecule has 7 nitrogen and oxygen atoms in total. The molecular formula is C26H19FN4O3S. The molecule has 1 atom stereocenters. The molecule has 35 heavy (non-hydrogen) atoms. The molecule has 0 spiro atoms. The lowest BCUT2D eigenvalue weighted by atomic mass is 10.0. The highest BCUT2D eigenvalue weighted by molar-refractivity contribution is 7.86. The highest BCUT2D eigenvalue weighted by atomic mass is 32.2. The van der Waals surface area contributed by atoms with Crippen LogP contribution >= 0.6 is 0 Å². The van der Waals surface area contributed by atoms with E-state index in [0.29, 0.717) is 33.7 Å². The largest absolute Gasteiger partial charge is 0.496 e. The maximum Gasteiger partial charge on any atom is 0.151 e. The third kappa shape index (κ3) is 4.95. The molecule has 5 aromatic rings. The van der Waals surface area contributed by atoms with Crippen LogP contribution in [0, 0.1) is 5.82 Å². The molecule has 0 aliphatic carbocycles. The number of anilines is 1. The SMILES string of the molecule is COc1cc(Oc2ccc(F)cc2)ccc1-c1nccc2cc(S(=O)Nc3ccncn3)ccc12. The number of pyridine rings is 1. The van der Waals surface area contributed by atoms with Gasteiger partial charge in [0.05, 0.1) is 17.7 Å². The Balaban J connectivity index is 1.46. The van der Waals surface area contributed by atoms with Gasteiger partial charge in [0.25, 0.3) is 0 Å². The Morgan fingerprint density at radius 2 is 1.71 bits per heavy atom. The van der Waals surface area contributed by atoms with Crippen molar-refractivity contribution in [1.29, 1.82) is 0 Å². The van der Waals surface area contributed by atoms with Gasteiger partial charge in [0.15, 0.2) is 11.0 Å². The van der Waals surface area contributed by atoms with Crippen LogP contribution < -0.4 is 14.2 Å². The monoisotopic (exact) mass is 486 g/mol. The summed E-state index contributed by atoms with van der Waals surface area (Å²) in [5.41, 5.74) is 1.49. The van der Waals surface area contributed by atoms with Crippen molar-refractivity contribution >= 4 is 27.6 Å². The Kier molecular flexibility index (Phi) is 6.32. The minimum atomic E-state index is -1.50. The number of hydrogen-bond acceptors (Lipinski definition) is 6. The Hall–Kier alpha value is -4.37. The van der Waals surface area contributed by atoms with Gasteiger partial charge in [0.1, 0.15) is 35.2 Å². The van der Waals surface area contributed by atoms with Gasteiger partial charge in [-0.2, -0.15) is 0 Å². The summed E-state index contributed by atoms with van der Waals surface area (Å²) in [7, 11) is 0.0780. The molecule has 2 heterocycles. The molecule has 0 bridgehead atoms. The first kappa shape index (κ1) is 22.4. The molecule has 0 radical (unpaired) electrons. The number of ether oxygens (including phenoxy) is 2. The van der Waals surface area contributed by atoms with Gasteiger partial charge in [-0.05, 0) is 66.0 Å². The van der Waals surface area contributed by atoms with E-state index in [1.54, 1.807) is 55.9 Å². The summed E-state index contributed by atoms with van der Waals surface area (Å²) in [6.07, 6.45) is 4.67. The van der Waals surface area contributed by atoms with E-state index in [9.17, 15) is 8.60 Å². The van der Waals surface area contributed by atoms with E-state index in [2.05, 4.69) is 19.7 Å². The average Bonchev–Trinajstić information content (AvgIpc) is 2.90. The molecule has 0 amide bonds.